The van der Waals surface area contributed by atoms with Crippen molar-refractivity contribution in [2.24, 2.45) is 5.92 Å². The first-order valence-electron chi connectivity index (χ1n) is 6.25. The van der Waals surface area contributed by atoms with Crippen LogP contribution in [0.3, 0.4) is 0 Å². The average Bonchev–Trinajstić information content (AvgIpc) is 3.17. The second-order valence-corrected chi connectivity index (χ2v) is 6.01. The van der Waals surface area contributed by atoms with Gasteiger partial charge in [0, 0.05) is 23.7 Å². The molecular weight excluding hydrogens is 264 g/mol. The molecule has 1 saturated heterocycles. The molecule has 1 aromatic heterocycles. The molecule has 1 N–H and O–H groups in total. The third kappa shape index (κ3) is 2.32. The van der Waals surface area contributed by atoms with Crippen molar-refractivity contribution in [3.63, 3.8) is 0 Å². The minimum Gasteiger partial charge on any atom is -0.480 e. The van der Waals surface area contributed by atoms with Crippen molar-refractivity contribution in [1.29, 1.82) is 0 Å². The molecule has 1 saturated carbocycles. The summed E-state index contributed by atoms with van der Waals surface area (Å²) >= 11 is 1.59. The van der Waals surface area contributed by atoms with E-state index in [1.54, 1.807) is 41.2 Å². The van der Waals surface area contributed by atoms with E-state index in [-0.39, 0.29) is 11.3 Å². The maximum atomic E-state index is 12.5. The van der Waals surface area contributed by atoms with Crippen molar-refractivity contribution in [3.8, 4) is 0 Å². The number of aromatic nitrogens is 1. The number of carboxylic acid groups (broad SMARTS) is 1. The van der Waals surface area contributed by atoms with E-state index in [1.807, 2.05) is 0 Å². The average molecular weight is 278 g/mol. The van der Waals surface area contributed by atoms with Gasteiger partial charge in [0.2, 0.25) is 0 Å². The Morgan fingerprint density at radius 1 is 1.32 bits per heavy atom. The lowest BCUT2D eigenvalue weighted by Gasteiger charge is -2.27. The molecule has 3 rings (SSSR count). The number of amides is 1. The Kier molecular flexibility index (Phi) is 3.18. The summed E-state index contributed by atoms with van der Waals surface area (Å²) in [6.07, 6.45) is 5.28. The molecule has 1 aliphatic heterocycles. The Bertz CT molecular complexity index is 504. The first kappa shape index (κ1) is 12.5. The van der Waals surface area contributed by atoms with Crippen molar-refractivity contribution >= 4 is 23.6 Å². The third-order valence-corrected chi connectivity index (χ3v) is 4.97. The normalized spacial score (nSPS) is 26.4. The largest absolute Gasteiger partial charge is 0.480 e. The summed E-state index contributed by atoms with van der Waals surface area (Å²) in [4.78, 5) is 29.3. The number of hydrogen-bond acceptors (Lipinski definition) is 4. The number of thioether (sulfide) groups is 1. The van der Waals surface area contributed by atoms with E-state index in [0.29, 0.717) is 17.2 Å². The predicted molar refractivity (Wildman–Crippen MR) is 70.8 cm³/mol. The zero-order valence-corrected chi connectivity index (χ0v) is 11.0. The zero-order valence-electron chi connectivity index (χ0n) is 10.2. The molecule has 6 heteroatoms. The molecule has 0 radical (unpaired) electrons. The summed E-state index contributed by atoms with van der Waals surface area (Å²) in [6, 6.07) is 2.55. The van der Waals surface area contributed by atoms with Gasteiger partial charge >= 0.3 is 5.97 Å². The number of carboxylic acids is 1. The zero-order chi connectivity index (χ0) is 13.4. The molecule has 100 valence electrons. The maximum Gasteiger partial charge on any atom is 0.327 e. The molecule has 2 atom stereocenters. The van der Waals surface area contributed by atoms with Gasteiger partial charge in [0.1, 0.15) is 6.04 Å². The lowest BCUT2D eigenvalue weighted by atomic mass is 10.1. The first-order valence-corrected chi connectivity index (χ1v) is 7.30. The van der Waals surface area contributed by atoms with E-state index >= 15 is 0 Å². The van der Waals surface area contributed by atoms with Gasteiger partial charge in [-0.05, 0) is 30.9 Å². The van der Waals surface area contributed by atoms with E-state index < -0.39 is 12.0 Å². The van der Waals surface area contributed by atoms with Crippen molar-refractivity contribution in [2.45, 2.75) is 24.3 Å². The van der Waals surface area contributed by atoms with Crippen molar-refractivity contribution < 1.29 is 14.7 Å². The summed E-state index contributed by atoms with van der Waals surface area (Å²) in [5.41, 5.74) is 0.509. The van der Waals surface area contributed by atoms with Gasteiger partial charge in [0.25, 0.3) is 5.91 Å². The molecule has 2 heterocycles. The van der Waals surface area contributed by atoms with Gasteiger partial charge in [-0.2, -0.15) is 0 Å². The minimum absolute atomic E-state index is 0.0155. The molecule has 1 aromatic rings. The molecule has 0 spiro atoms. The molecule has 2 unspecified atom stereocenters. The van der Waals surface area contributed by atoms with E-state index in [0.717, 1.165) is 12.8 Å². The smallest absolute Gasteiger partial charge is 0.327 e. The molecule has 2 fully saturated rings. The van der Waals surface area contributed by atoms with Gasteiger partial charge in [-0.3, -0.25) is 9.78 Å². The highest BCUT2D eigenvalue weighted by molar-refractivity contribution is 8.00. The third-order valence-electron chi connectivity index (χ3n) is 3.51. The molecule has 5 nitrogen and oxygen atoms in total. The van der Waals surface area contributed by atoms with Crippen molar-refractivity contribution in [2.75, 3.05) is 5.75 Å². The van der Waals surface area contributed by atoms with Crippen LogP contribution in [0.2, 0.25) is 0 Å². The molecule has 0 bridgehead atoms. The SMILES string of the molecule is O=C(O)C1CSC(C2CC2)N1C(=O)c1ccncc1. The van der Waals surface area contributed by atoms with Gasteiger partial charge in [0.05, 0.1) is 5.37 Å². The summed E-state index contributed by atoms with van der Waals surface area (Å²) in [6.45, 7) is 0. The van der Waals surface area contributed by atoms with E-state index in [4.69, 9.17) is 0 Å². The van der Waals surface area contributed by atoms with Gasteiger partial charge in [-0.1, -0.05) is 0 Å². The van der Waals surface area contributed by atoms with Crippen LogP contribution >= 0.6 is 11.8 Å². The van der Waals surface area contributed by atoms with Gasteiger partial charge in [-0.15, -0.1) is 11.8 Å². The lowest BCUT2D eigenvalue weighted by molar-refractivity contribution is -0.141. The van der Waals surface area contributed by atoms with Crippen LogP contribution in [0.25, 0.3) is 0 Å². The number of aliphatic carboxylic acids is 1. The fraction of sp³-hybridized carbons (Fsp3) is 0.462. The number of rotatable bonds is 3. The Morgan fingerprint density at radius 2 is 2.00 bits per heavy atom. The Balaban J connectivity index is 1.89. The number of pyridine rings is 1. The van der Waals surface area contributed by atoms with Crippen molar-refractivity contribution in [1.82, 2.24) is 9.88 Å². The standard InChI is InChI=1S/C13H14N2O3S/c16-11(8-3-5-14-6-4-8)15-10(13(17)18)7-19-12(15)9-1-2-9/h3-6,9-10,12H,1-2,7H2,(H,17,18). The van der Waals surface area contributed by atoms with Gasteiger partial charge < -0.3 is 10.0 Å². The minimum atomic E-state index is -0.918. The molecule has 19 heavy (non-hydrogen) atoms. The molecular formula is C13H14N2O3S. The van der Waals surface area contributed by atoms with E-state index in [9.17, 15) is 14.7 Å². The highest BCUT2D eigenvalue weighted by Crippen LogP contribution is 2.45. The van der Waals surface area contributed by atoms with E-state index in [2.05, 4.69) is 4.98 Å². The van der Waals surface area contributed by atoms with Gasteiger partial charge in [-0.25, -0.2) is 4.79 Å². The highest BCUT2D eigenvalue weighted by Gasteiger charge is 2.48. The number of hydrogen-bond donors (Lipinski definition) is 1. The van der Waals surface area contributed by atoms with Crippen LogP contribution < -0.4 is 0 Å². The number of carbonyl (C=O) groups excluding carboxylic acids is 1. The van der Waals surface area contributed by atoms with Crippen LogP contribution in [-0.4, -0.2) is 44.0 Å². The monoisotopic (exact) mass is 278 g/mol. The second-order valence-electron chi connectivity index (χ2n) is 4.86. The summed E-state index contributed by atoms with van der Waals surface area (Å²) in [5.74, 6) is -0.178. The Labute approximate surface area is 115 Å². The van der Waals surface area contributed by atoms with Gasteiger partial charge in [0.15, 0.2) is 0 Å². The molecule has 0 aromatic carbocycles. The summed E-state index contributed by atoms with van der Waals surface area (Å²) in [5, 5.41) is 9.30. The molecule has 1 amide bonds. The summed E-state index contributed by atoms with van der Waals surface area (Å²) in [7, 11) is 0. The molecule has 2 aliphatic rings. The quantitative estimate of drug-likeness (QED) is 0.906. The van der Waals surface area contributed by atoms with Crippen LogP contribution in [0.15, 0.2) is 24.5 Å². The summed E-state index contributed by atoms with van der Waals surface area (Å²) < 4.78 is 0. The van der Waals surface area contributed by atoms with Crippen LogP contribution in [0.4, 0.5) is 0 Å². The predicted octanol–water partition coefficient (Wildman–Crippen LogP) is 1.46. The highest BCUT2D eigenvalue weighted by atomic mass is 32.2. The van der Waals surface area contributed by atoms with Crippen LogP contribution in [0, 0.1) is 5.92 Å². The number of nitrogens with zero attached hydrogens (tertiary/aromatic N) is 2. The topological polar surface area (TPSA) is 70.5 Å². The second kappa shape index (κ2) is 4.85. The van der Waals surface area contributed by atoms with Crippen LogP contribution in [0.5, 0.6) is 0 Å². The Hall–Kier alpha value is -1.56. The van der Waals surface area contributed by atoms with Crippen LogP contribution in [-0.2, 0) is 4.79 Å². The first-order chi connectivity index (χ1) is 9.18. The maximum absolute atomic E-state index is 12.5. The molecule has 1 aliphatic carbocycles. The fourth-order valence-corrected chi connectivity index (χ4v) is 3.99. The number of carbonyl (C=O) groups is 2. The fourth-order valence-electron chi connectivity index (χ4n) is 2.36. The lowest BCUT2D eigenvalue weighted by Crippen LogP contribution is -2.46. The van der Waals surface area contributed by atoms with E-state index in [1.165, 1.54) is 0 Å². The Morgan fingerprint density at radius 3 is 2.58 bits per heavy atom. The van der Waals surface area contributed by atoms with Crippen molar-refractivity contribution in [3.05, 3.63) is 30.1 Å². The van der Waals surface area contributed by atoms with Crippen LogP contribution in [0.1, 0.15) is 23.2 Å².